The molecule has 8 rings (SSSR count). The molecular formula is C45H42N6Pt. The maximum atomic E-state index is 4.96. The smallest absolute Gasteiger partial charge is 0.352 e. The van der Waals surface area contributed by atoms with E-state index in [1.54, 1.807) is 0 Å². The van der Waals surface area contributed by atoms with Gasteiger partial charge in [0, 0.05) is 36.3 Å². The van der Waals surface area contributed by atoms with Gasteiger partial charge in [-0.3, -0.25) is 4.98 Å². The van der Waals surface area contributed by atoms with Gasteiger partial charge in [-0.1, -0.05) is 93.5 Å². The van der Waals surface area contributed by atoms with Crippen LogP contribution < -0.4 is 4.90 Å². The van der Waals surface area contributed by atoms with Gasteiger partial charge in [-0.25, -0.2) is 4.98 Å². The molecule has 8 aromatic rings. The largest absolute Gasteiger partial charge is 2.00 e. The zero-order valence-corrected chi connectivity index (χ0v) is 32.5. The third-order valence-electron chi connectivity index (χ3n) is 9.42. The molecule has 0 amide bonds. The van der Waals surface area contributed by atoms with E-state index in [1.165, 1.54) is 22.2 Å². The Bertz CT molecular complexity index is 2440. The molecule has 3 aromatic heterocycles. The summed E-state index contributed by atoms with van der Waals surface area (Å²) in [5, 5.41) is 2.29. The number of para-hydroxylation sites is 3. The third kappa shape index (κ3) is 6.64. The van der Waals surface area contributed by atoms with Gasteiger partial charge < -0.3 is 18.6 Å². The van der Waals surface area contributed by atoms with E-state index < -0.39 is 0 Å². The van der Waals surface area contributed by atoms with Crippen molar-refractivity contribution in [2.24, 2.45) is 18.9 Å². The van der Waals surface area contributed by atoms with Crippen LogP contribution in [0.3, 0.4) is 0 Å². The molecule has 0 unspecified atom stereocenters. The summed E-state index contributed by atoms with van der Waals surface area (Å²) < 4.78 is 6.47. The quantitative estimate of drug-likeness (QED) is 0.129. The predicted molar refractivity (Wildman–Crippen MR) is 210 cm³/mol. The Morgan fingerprint density at radius 1 is 0.692 bits per heavy atom. The van der Waals surface area contributed by atoms with E-state index in [4.69, 9.17) is 9.97 Å². The summed E-state index contributed by atoms with van der Waals surface area (Å²) >= 11 is 0. The van der Waals surface area contributed by atoms with Gasteiger partial charge in [0.2, 0.25) is 5.95 Å². The SMILES string of the molecule is CC(C)Cc1cccc(CC(C)C)c1-n1cnc(-c2[c-]c(N(c3[c-]c4c(cc3)c3ccccc3n4-c3nccn3C)c3ccccc3)ccc2)c1.[Pt+2]. The van der Waals surface area contributed by atoms with Crippen molar-refractivity contribution in [3.8, 4) is 22.9 Å². The molecule has 0 atom stereocenters. The van der Waals surface area contributed by atoms with Gasteiger partial charge in [-0.2, -0.15) is 6.07 Å². The monoisotopic (exact) mass is 861 g/mol. The van der Waals surface area contributed by atoms with Gasteiger partial charge in [0.05, 0.1) is 12.0 Å². The fraction of sp³-hybridized carbons (Fsp3) is 0.200. The second-order valence-electron chi connectivity index (χ2n) is 14.2. The first-order valence-electron chi connectivity index (χ1n) is 17.8. The molecule has 0 aliphatic carbocycles. The maximum Gasteiger partial charge on any atom is 2.00 e. The number of rotatable bonds is 10. The van der Waals surface area contributed by atoms with Crippen molar-refractivity contribution in [3.63, 3.8) is 0 Å². The Labute approximate surface area is 320 Å². The fourth-order valence-electron chi connectivity index (χ4n) is 7.28. The number of hydrogen-bond acceptors (Lipinski definition) is 3. The topological polar surface area (TPSA) is 43.8 Å². The summed E-state index contributed by atoms with van der Waals surface area (Å²) in [6, 6.07) is 43.9. The van der Waals surface area contributed by atoms with E-state index in [1.807, 2.05) is 36.4 Å². The van der Waals surface area contributed by atoms with Crippen molar-refractivity contribution in [1.29, 1.82) is 0 Å². The molecule has 0 saturated carbocycles. The summed E-state index contributed by atoms with van der Waals surface area (Å²) in [4.78, 5) is 11.9. The van der Waals surface area contributed by atoms with Gasteiger partial charge >= 0.3 is 21.1 Å². The third-order valence-corrected chi connectivity index (χ3v) is 9.42. The number of aromatic nitrogens is 5. The van der Waals surface area contributed by atoms with Crippen LogP contribution in [0.4, 0.5) is 17.1 Å². The summed E-state index contributed by atoms with van der Waals surface area (Å²) in [6.45, 7) is 9.13. The summed E-state index contributed by atoms with van der Waals surface area (Å²) in [7, 11) is 2.03. The minimum atomic E-state index is 0. The van der Waals surface area contributed by atoms with E-state index in [0.717, 1.165) is 63.5 Å². The Kier molecular flexibility index (Phi) is 10.0. The summed E-state index contributed by atoms with van der Waals surface area (Å²) in [5.41, 5.74) is 10.7. The van der Waals surface area contributed by atoms with Crippen LogP contribution in [0.15, 0.2) is 128 Å². The average molecular weight is 862 g/mol. The van der Waals surface area contributed by atoms with E-state index >= 15 is 0 Å². The molecule has 0 bridgehead atoms. The minimum absolute atomic E-state index is 0. The molecule has 0 aliphatic heterocycles. The Balaban J connectivity index is 0.00000420. The molecule has 0 aliphatic rings. The first-order valence-corrected chi connectivity index (χ1v) is 17.8. The maximum absolute atomic E-state index is 4.96. The molecule has 6 nitrogen and oxygen atoms in total. The molecule has 7 heteroatoms. The molecule has 3 heterocycles. The Morgan fingerprint density at radius 2 is 1.38 bits per heavy atom. The van der Waals surface area contributed by atoms with E-state index in [2.05, 4.69) is 157 Å². The van der Waals surface area contributed by atoms with Crippen LogP contribution in [0.25, 0.3) is 44.7 Å². The zero-order valence-electron chi connectivity index (χ0n) is 30.2. The molecular weight excluding hydrogens is 820 g/mol. The minimum Gasteiger partial charge on any atom is -0.352 e. The molecule has 0 spiro atoms. The van der Waals surface area contributed by atoms with E-state index in [-0.39, 0.29) is 21.1 Å². The molecule has 0 radical (unpaired) electrons. The number of benzene rings is 5. The van der Waals surface area contributed by atoms with Crippen molar-refractivity contribution in [3.05, 3.63) is 151 Å². The number of hydrogen-bond donors (Lipinski definition) is 0. The van der Waals surface area contributed by atoms with Crippen LogP contribution in [-0.4, -0.2) is 23.7 Å². The van der Waals surface area contributed by atoms with E-state index in [9.17, 15) is 0 Å². The van der Waals surface area contributed by atoms with Crippen molar-refractivity contribution < 1.29 is 21.1 Å². The predicted octanol–water partition coefficient (Wildman–Crippen LogP) is 10.8. The van der Waals surface area contributed by atoms with Gasteiger partial charge in [0.1, 0.15) is 0 Å². The molecule has 0 N–H and O–H groups in total. The van der Waals surface area contributed by atoms with Crippen molar-refractivity contribution in [2.75, 3.05) is 4.90 Å². The molecule has 262 valence electrons. The normalized spacial score (nSPS) is 11.5. The molecule has 0 saturated heterocycles. The van der Waals surface area contributed by atoms with E-state index in [0.29, 0.717) is 11.8 Å². The molecule has 52 heavy (non-hydrogen) atoms. The molecule has 5 aromatic carbocycles. The van der Waals surface area contributed by atoms with Crippen molar-refractivity contribution in [1.82, 2.24) is 23.7 Å². The standard InChI is InChI=1S/C45H42N6.Pt/c1-31(2)25-34-14-11-15-35(26-32(3)4)44(34)49-29-41(47-30-49)33-13-12-18-37(27-33)50(36-16-7-6-8-17-36)38-21-22-40-39-19-9-10-20-42(39)51(43(40)28-38)45-46-23-24-48(45)5;/h6-24,29-32H,25-26H2,1-5H3;/q-2;+2. The first kappa shape index (κ1) is 35.2. The Hall–Kier alpha value is -5.19. The summed E-state index contributed by atoms with van der Waals surface area (Å²) in [5.74, 6) is 1.95. The van der Waals surface area contributed by atoms with Crippen molar-refractivity contribution >= 4 is 38.9 Å². The van der Waals surface area contributed by atoms with Gasteiger partial charge in [0.15, 0.2) is 0 Å². The zero-order chi connectivity index (χ0) is 35.1. The molecule has 0 fully saturated rings. The number of fused-ring (bicyclic) bond motifs is 3. The number of anilines is 3. The first-order chi connectivity index (χ1) is 24.9. The fourth-order valence-corrected chi connectivity index (χ4v) is 7.28. The van der Waals surface area contributed by atoms with Crippen LogP contribution in [0.2, 0.25) is 0 Å². The number of nitrogens with zero attached hydrogens (tertiary/aromatic N) is 6. The second kappa shape index (κ2) is 14.8. The summed E-state index contributed by atoms with van der Waals surface area (Å²) in [6.07, 6.45) is 9.98. The van der Waals surface area contributed by atoms with Gasteiger partial charge in [-0.05, 0) is 71.3 Å². The van der Waals surface area contributed by atoms with Crippen LogP contribution in [-0.2, 0) is 41.0 Å². The number of aryl methyl sites for hydroxylation is 1. The second-order valence-corrected chi connectivity index (χ2v) is 14.2. The van der Waals surface area contributed by atoms with Gasteiger partial charge in [0.25, 0.3) is 0 Å². The van der Waals surface area contributed by atoms with Crippen LogP contribution in [0.5, 0.6) is 0 Å². The Morgan fingerprint density at radius 3 is 2.10 bits per heavy atom. The van der Waals surface area contributed by atoms with Crippen LogP contribution >= 0.6 is 0 Å². The van der Waals surface area contributed by atoms with Gasteiger partial charge in [-0.15, -0.1) is 47.3 Å². The average Bonchev–Trinajstić information content (AvgIpc) is 3.86. The van der Waals surface area contributed by atoms with Crippen molar-refractivity contribution in [2.45, 2.75) is 40.5 Å². The van der Waals surface area contributed by atoms with Crippen LogP contribution in [0, 0.1) is 24.0 Å². The van der Waals surface area contributed by atoms with Crippen LogP contribution in [0.1, 0.15) is 38.8 Å². The number of imidazole rings is 2.